The van der Waals surface area contributed by atoms with Crippen LogP contribution in [0.5, 0.6) is 0 Å². The van der Waals surface area contributed by atoms with Gasteiger partial charge in [0.15, 0.2) is 0 Å². The van der Waals surface area contributed by atoms with Crippen molar-refractivity contribution < 1.29 is 9.09 Å². The molecule has 1 rings (SSSR count). The normalized spacial score (nSPS) is 19.7. The predicted octanol–water partition coefficient (Wildman–Crippen LogP) is 6.04. The van der Waals surface area contributed by atoms with Crippen LogP contribution in [0.2, 0.25) is 0 Å². The largest absolute Gasteiger partial charge is 0.321 e. The quantitative estimate of drug-likeness (QED) is 0.419. The average Bonchev–Trinajstić information content (AvgIpc) is 2.50. The molecule has 1 unspecified atom stereocenters. The van der Waals surface area contributed by atoms with E-state index in [-0.39, 0.29) is 0 Å². The highest BCUT2D eigenvalue weighted by Gasteiger charge is 2.26. The van der Waals surface area contributed by atoms with Gasteiger partial charge in [0.1, 0.15) is 0 Å². The first-order valence-electron chi connectivity index (χ1n) is 9.52. The van der Waals surface area contributed by atoms with Gasteiger partial charge in [-0.2, -0.15) is 0 Å². The minimum atomic E-state index is -2.51. The standard InChI is InChI=1S/C18H38NO2PS/c1-6-13-22(20,21-15-18-10-8-7-9-11-18)23-14-12-19(16(2)3)17(4)5/h16-18H,6-15H2,1-5H3. The second-order valence-electron chi connectivity index (χ2n) is 7.39. The molecular formula is C18H38NO2PS. The lowest BCUT2D eigenvalue weighted by Crippen LogP contribution is -2.38. The highest BCUT2D eigenvalue weighted by molar-refractivity contribution is 8.56. The first-order valence-corrected chi connectivity index (χ1v) is 12.9. The molecule has 138 valence electrons. The zero-order valence-electron chi connectivity index (χ0n) is 15.9. The van der Waals surface area contributed by atoms with Gasteiger partial charge >= 0.3 is 0 Å². The van der Waals surface area contributed by atoms with Crippen molar-refractivity contribution in [3.8, 4) is 0 Å². The van der Waals surface area contributed by atoms with Gasteiger partial charge < -0.3 is 4.52 Å². The van der Waals surface area contributed by atoms with Gasteiger partial charge in [0, 0.05) is 30.5 Å². The first-order chi connectivity index (χ1) is 10.9. The molecule has 0 saturated heterocycles. The molecule has 0 aromatic carbocycles. The van der Waals surface area contributed by atoms with Crippen LogP contribution < -0.4 is 0 Å². The fraction of sp³-hybridized carbons (Fsp3) is 1.00. The fourth-order valence-electron chi connectivity index (χ4n) is 3.41. The van der Waals surface area contributed by atoms with E-state index in [4.69, 9.17) is 4.52 Å². The Hall–Kier alpha value is 0.500. The van der Waals surface area contributed by atoms with Crippen LogP contribution in [0, 0.1) is 5.92 Å². The topological polar surface area (TPSA) is 29.5 Å². The van der Waals surface area contributed by atoms with Crippen molar-refractivity contribution in [1.82, 2.24) is 4.90 Å². The minimum absolute atomic E-state index is 0.532. The summed E-state index contributed by atoms with van der Waals surface area (Å²) in [5, 5.41) is 0. The molecule has 0 aliphatic heterocycles. The fourth-order valence-corrected chi connectivity index (χ4v) is 7.72. The van der Waals surface area contributed by atoms with E-state index >= 15 is 0 Å². The zero-order valence-corrected chi connectivity index (χ0v) is 17.6. The molecule has 0 aromatic heterocycles. The van der Waals surface area contributed by atoms with Gasteiger partial charge in [-0.05, 0) is 52.9 Å². The van der Waals surface area contributed by atoms with Crippen molar-refractivity contribution in [2.75, 3.05) is 25.1 Å². The van der Waals surface area contributed by atoms with Crippen LogP contribution in [-0.4, -0.2) is 42.0 Å². The molecule has 0 spiro atoms. The summed E-state index contributed by atoms with van der Waals surface area (Å²) in [6.07, 6.45) is 8.16. The van der Waals surface area contributed by atoms with Gasteiger partial charge in [-0.25, -0.2) is 0 Å². The van der Waals surface area contributed by atoms with E-state index in [1.165, 1.54) is 32.1 Å². The van der Waals surface area contributed by atoms with Crippen LogP contribution in [0.1, 0.15) is 73.1 Å². The summed E-state index contributed by atoms with van der Waals surface area (Å²) in [5.41, 5.74) is 0. The third-order valence-electron chi connectivity index (χ3n) is 4.69. The molecule has 0 radical (unpaired) electrons. The lowest BCUT2D eigenvalue weighted by atomic mass is 9.90. The van der Waals surface area contributed by atoms with E-state index < -0.39 is 6.57 Å². The molecule has 0 amide bonds. The number of rotatable bonds is 11. The summed E-state index contributed by atoms with van der Waals surface area (Å²) in [7, 11) is 0. The Kier molecular flexibility index (Phi) is 10.5. The lowest BCUT2D eigenvalue weighted by Gasteiger charge is -2.31. The van der Waals surface area contributed by atoms with Crippen LogP contribution in [0.3, 0.4) is 0 Å². The van der Waals surface area contributed by atoms with E-state index in [1.54, 1.807) is 11.4 Å². The van der Waals surface area contributed by atoms with Crippen molar-refractivity contribution in [2.45, 2.75) is 85.2 Å². The van der Waals surface area contributed by atoms with Gasteiger partial charge in [0.2, 0.25) is 0 Å². The molecule has 1 aliphatic carbocycles. The van der Waals surface area contributed by atoms with Crippen molar-refractivity contribution >= 4 is 18.0 Å². The van der Waals surface area contributed by atoms with Crippen molar-refractivity contribution in [2.24, 2.45) is 5.92 Å². The number of nitrogens with zero attached hydrogens (tertiary/aromatic N) is 1. The molecule has 0 aromatic rings. The maximum Gasteiger partial charge on any atom is 0.257 e. The molecule has 5 heteroatoms. The minimum Gasteiger partial charge on any atom is -0.321 e. The van der Waals surface area contributed by atoms with Gasteiger partial charge in [-0.3, -0.25) is 9.46 Å². The SMILES string of the molecule is CCCP(=O)(OCC1CCCCC1)SCCN(C(C)C)C(C)C. The molecule has 1 fully saturated rings. The van der Waals surface area contributed by atoms with Crippen LogP contribution >= 0.6 is 18.0 Å². The first kappa shape index (κ1) is 21.5. The molecule has 0 bridgehead atoms. The number of hydrogen-bond acceptors (Lipinski definition) is 4. The maximum atomic E-state index is 13.1. The van der Waals surface area contributed by atoms with E-state index in [1.807, 2.05) is 0 Å². The van der Waals surface area contributed by atoms with Gasteiger partial charge in [0.05, 0.1) is 6.61 Å². The van der Waals surface area contributed by atoms with Crippen molar-refractivity contribution in [3.05, 3.63) is 0 Å². The third kappa shape index (κ3) is 8.43. The summed E-state index contributed by atoms with van der Waals surface area (Å²) < 4.78 is 19.1. The highest BCUT2D eigenvalue weighted by Crippen LogP contribution is 2.60. The summed E-state index contributed by atoms with van der Waals surface area (Å²) >= 11 is 1.59. The number of hydrogen-bond donors (Lipinski definition) is 0. The van der Waals surface area contributed by atoms with Crippen LogP contribution in [-0.2, 0) is 9.09 Å². The molecule has 1 aliphatic rings. The Morgan fingerprint density at radius 3 is 2.26 bits per heavy atom. The Morgan fingerprint density at radius 1 is 1.13 bits per heavy atom. The Balaban J connectivity index is 2.43. The molecule has 23 heavy (non-hydrogen) atoms. The van der Waals surface area contributed by atoms with Gasteiger partial charge in [-0.1, -0.05) is 37.6 Å². The molecule has 1 saturated carbocycles. The second-order valence-corrected chi connectivity index (χ2v) is 12.4. The zero-order chi connectivity index (χ0) is 17.3. The molecule has 3 nitrogen and oxygen atoms in total. The monoisotopic (exact) mass is 363 g/mol. The average molecular weight is 364 g/mol. The van der Waals surface area contributed by atoms with Crippen molar-refractivity contribution in [1.29, 1.82) is 0 Å². The van der Waals surface area contributed by atoms with Crippen LogP contribution in [0.4, 0.5) is 0 Å². The Labute approximate surface area is 148 Å². The Bertz CT molecular complexity index is 349. The van der Waals surface area contributed by atoms with E-state index in [0.717, 1.165) is 18.7 Å². The molecular weight excluding hydrogens is 325 g/mol. The van der Waals surface area contributed by atoms with Crippen LogP contribution in [0.25, 0.3) is 0 Å². The second kappa shape index (κ2) is 11.2. The summed E-state index contributed by atoms with van der Waals surface area (Å²) in [5.74, 6) is 1.54. The van der Waals surface area contributed by atoms with Crippen molar-refractivity contribution in [3.63, 3.8) is 0 Å². The van der Waals surface area contributed by atoms with E-state index in [9.17, 15) is 4.57 Å². The molecule has 0 N–H and O–H groups in total. The Morgan fingerprint density at radius 2 is 1.74 bits per heavy atom. The summed E-state index contributed by atoms with van der Waals surface area (Å²) in [4.78, 5) is 2.46. The summed E-state index contributed by atoms with van der Waals surface area (Å²) in [6.45, 7) is 10.2. The van der Waals surface area contributed by atoms with Gasteiger partial charge in [0.25, 0.3) is 6.57 Å². The third-order valence-corrected chi connectivity index (χ3v) is 9.58. The maximum absolute atomic E-state index is 13.1. The smallest absolute Gasteiger partial charge is 0.257 e. The lowest BCUT2D eigenvalue weighted by molar-refractivity contribution is 0.187. The summed E-state index contributed by atoms with van der Waals surface area (Å²) in [6, 6.07) is 1.06. The molecule has 1 atom stereocenters. The molecule has 0 heterocycles. The highest BCUT2D eigenvalue weighted by atomic mass is 32.7. The van der Waals surface area contributed by atoms with E-state index in [2.05, 4.69) is 39.5 Å². The van der Waals surface area contributed by atoms with E-state index in [0.29, 0.717) is 30.8 Å². The van der Waals surface area contributed by atoms with Gasteiger partial charge in [-0.15, -0.1) is 0 Å². The predicted molar refractivity (Wildman–Crippen MR) is 105 cm³/mol. The van der Waals surface area contributed by atoms with Crippen LogP contribution in [0.15, 0.2) is 0 Å².